The number of rotatable bonds is 5. The topological polar surface area (TPSA) is 62.3 Å². The molecule has 1 aliphatic heterocycles. The van der Waals surface area contributed by atoms with Crippen molar-refractivity contribution in [1.82, 2.24) is 14.6 Å². The van der Waals surface area contributed by atoms with E-state index < -0.39 is 10.0 Å². The minimum absolute atomic E-state index is 0.0154. The Morgan fingerprint density at radius 3 is 2.95 bits per heavy atom. The van der Waals surface area contributed by atoms with Crippen molar-refractivity contribution in [3.05, 3.63) is 42.1 Å². The van der Waals surface area contributed by atoms with Crippen molar-refractivity contribution in [2.24, 2.45) is 0 Å². The van der Waals surface area contributed by atoms with Crippen LogP contribution in [0, 0.1) is 0 Å². The molecular weight excluding hydrogens is 298 g/mol. The summed E-state index contributed by atoms with van der Waals surface area (Å²) in [5.74, 6) is 0.0154. The van der Waals surface area contributed by atoms with Crippen molar-refractivity contribution in [2.75, 3.05) is 20.1 Å². The Morgan fingerprint density at radius 2 is 2.14 bits per heavy atom. The first-order chi connectivity index (χ1) is 10.6. The van der Waals surface area contributed by atoms with E-state index in [4.69, 9.17) is 0 Å². The fourth-order valence-electron chi connectivity index (χ4n) is 3.18. The highest BCUT2D eigenvalue weighted by Gasteiger charge is 2.33. The fourth-order valence-corrected chi connectivity index (χ4v) is 5.01. The zero-order valence-electron chi connectivity index (χ0n) is 12.7. The summed E-state index contributed by atoms with van der Waals surface area (Å²) in [4.78, 5) is 4.35. The van der Waals surface area contributed by atoms with Gasteiger partial charge in [0.2, 0.25) is 10.0 Å². The van der Waals surface area contributed by atoms with Gasteiger partial charge < -0.3 is 5.32 Å². The molecular formula is C16H21N3O2S. The highest BCUT2D eigenvalue weighted by molar-refractivity contribution is 7.88. The number of hydrogen-bond donors (Lipinski definition) is 1. The molecule has 0 unspecified atom stereocenters. The van der Waals surface area contributed by atoms with Crippen LogP contribution in [-0.2, 0) is 15.8 Å². The fraction of sp³-hybridized carbons (Fsp3) is 0.438. The van der Waals surface area contributed by atoms with Gasteiger partial charge in [-0.3, -0.25) is 4.98 Å². The maximum absolute atomic E-state index is 12.8. The van der Waals surface area contributed by atoms with Crippen LogP contribution < -0.4 is 5.32 Å². The molecule has 1 atom stereocenters. The Hall–Kier alpha value is -1.50. The van der Waals surface area contributed by atoms with E-state index in [-0.39, 0.29) is 11.8 Å². The summed E-state index contributed by atoms with van der Waals surface area (Å²) in [6.07, 6.45) is 3.56. The maximum Gasteiger partial charge on any atom is 0.218 e. The minimum atomic E-state index is -3.32. The molecule has 0 radical (unpaired) electrons. The molecule has 1 fully saturated rings. The van der Waals surface area contributed by atoms with E-state index in [1.54, 1.807) is 10.5 Å². The summed E-state index contributed by atoms with van der Waals surface area (Å²) in [5.41, 5.74) is 1.55. The van der Waals surface area contributed by atoms with Crippen molar-refractivity contribution in [2.45, 2.75) is 24.6 Å². The molecule has 1 aromatic carbocycles. The number of fused-ring (bicyclic) bond motifs is 1. The van der Waals surface area contributed by atoms with Gasteiger partial charge in [0.1, 0.15) is 0 Å². The van der Waals surface area contributed by atoms with Crippen LogP contribution in [0.25, 0.3) is 10.9 Å². The van der Waals surface area contributed by atoms with Gasteiger partial charge in [-0.25, -0.2) is 8.42 Å². The number of nitrogens with one attached hydrogen (secondary N) is 1. The third kappa shape index (κ3) is 2.99. The van der Waals surface area contributed by atoms with E-state index in [0.29, 0.717) is 13.1 Å². The van der Waals surface area contributed by atoms with Gasteiger partial charge in [0.15, 0.2) is 0 Å². The lowest BCUT2D eigenvalue weighted by Gasteiger charge is -2.24. The van der Waals surface area contributed by atoms with Crippen LogP contribution in [0.1, 0.15) is 18.4 Å². The summed E-state index contributed by atoms with van der Waals surface area (Å²) in [6, 6.07) is 9.60. The number of sulfonamides is 1. The molecule has 5 nitrogen and oxygen atoms in total. The number of likely N-dealkylation sites (N-methyl/N-ethyl adjacent to an activating group) is 1. The minimum Gasteiger partial charge on any atom is -0.318 e. The number of para-hydroxylation sites is 1. The molecule has 118 valence electrons. The monoisotopic (exact) mass is 319 g/mol. The Morgan fingerprint density at radius 1 is 1.32 bits per heavy atom. The summed E-state index contributed by atoms with van der Waals surface area (Å²) < 4.78 is 27.3. The van der Waals surface area contributed by atoms with Crippen LogP contribution in [0.15, 0.2) is 36.5 Å². The normalized spacial score (nSPS) is 19.8. The Labute approximate surface area is 131 Å². The SMILES string of the molecule is CNC[C@H]1CCCN1S(=O)(=O)Cc1cccc2cccnc12. The molecule has 0 saturated carbocycles. The second kappa shape index (κ2) is 6.32. The van der Waals surface area contributed by atoms with Crippen molar-refractivity contribution in [3.8, 4) is 0 Å². The van der Waals surface area contributed by atoms with Crippen molar-refractivity contribution < 1.29 is 8.42 Å². The van der Waals surface area contributed by atoms with Gasteiger partial charge in [0.05, 0.1) is 11.3 Å². The van der Waals surface area contributed by atoms with E-state index in [2.05, 4.69) is 10.3 Å². The maximum atomic E-state index is 12.8. The first-order valence-electron chi connectivity index (χ1n) is 7.58. The lowest BCUT2D eigenvalue weighted by atomic mass is 10.1. The van der Waals surface area contributed by atoms with E-state index in [9.17, 15) is 8.42 Å². The lowest BCUT2D eigenvalue weighted by Crippen LogP contribution is -2.41. The van der Waals surface area contributed by atoms with Crippen LogP contribution in [0.4, 0.5) is 0 Å². The molecule has 0 aliphatic carbocycles. The number of aromatic nitrogens is 1. The molecule has 1 saturated heterocycles. The second-order valence-electron chi connectivity index (χ2n) is 5.71. The Bertz CT molecular complexity index is 756. The van der Waals surface area contributed by atoms with Crippen molar-refractivity contribution >= 4 is 20.9 Å². The van der Waals surface area contributed by atoms with E-state index in [0.717, 1.165) is 29.3 Å². The van der Waals surface area contributed by atoms with Crippen LogP contribution in [0.3, 0.4) is 0 Å². The highest BCUT2D eigenvalue weighted by Crippen LogP contribution is 2.25. The Kier molecular flexibility index (Phi) is 4.42. The summed E-state index contributed by atoms with van der Waals surface area (Å²) in [7, 11) is -1.46. The first kappa shape index (κ1) is 15.4. The number of nitrogens with zero attached hydrogens (tertiary/aromatic N) is 2. The van der Waals surface area contributed by atoms with Gasteiger partial charge in [-0.05, 0) is 31.5 Å². The van der Waals surface area contributed by atoms with E-state index in [1.807, 2.05) is 37.4 Å². The van der Waals surface area contributed by atoms with Crippen molar-refractivity contribution in [3.63, 3.8) is 0 Å². The van der Waals surface area contributed by atoms with E-state index >= 15 is 0 Å². The third-order valence-electron chi connectivity index (χ3n) is 4.17. The van der Waals surface area contributed by atoms with Crippen molar-refractivity contribution in [1.29, 1.82) is 0 Å². The molecule has 1 N–H and O–H groups in total. The van der Waals surface area contributed by atoms with E-state index in [1.165, 1.54) is 0 Å². The molecule has 22 heavy (non-hydrogen) atoms. The third-order valence-corrected chi connectivity index (χ3v) is 6.05. The summed E-state index contributed by atoms with van der Waals surface area (Å²) in [6.45, 7) is 1.32. The van der Waals surface area contributed by atoms with Crippen LogP contribution in [-0.4, -0.2) is 43.9 Å². The lowest BCUT2D eigenvalue weighted by molar-refractivity contribution is 0.378. The van der Waals surface area contributed by atoms with Crippen LogP contribution in [0.2, 0.25) is 0 Å². The Balaban J connectivity index is 1.90. The predicted octanol–water partition coefficient (Wildman–Crippen LogP) is 1.75. The summed E-state index contributed by atoms with van der Waals surface area (Å²) >= 11 is 0. The van der Waals surface area contributed by atoms with Gasteiger partial charge in [-0.15, -0.1) is 0 Å². The molecule has 0 bridgehead atoms. The number of pyridine rings is 1. The molecule has 0 amide bonds. The van der Waals surface area contributed by atoms with Gasteiger partial charge in [-0.1, -0.05) is 24.3 Å². The quantitative estimate of drug-likeness (QED) is 0.912. The molecule has 2 aromatic rings. The van der Waals surface area contributed by atoms with Gasteiger partial charge in [-0.2, -0.15) is 4.31 Å². The predicted molar refractivity (Wildman–Crippen MR) is 88.0 cm³/mol. The second-order valence-corrected chi connectivity index (χ2v) is 7.63. The average Bonchev–Trinajstić information content (AvgIpc) is 2.97. The molecule has 1 aliphatic rings. The molecule has 3 rings (SSSR count). The van der Waals surface area contributed by atoms with Gasteiger partial charge in [0.25, 0.3) is 0 Å². The first-order valence-corrected chi connectivity index (χ1v) is 9.19. The van der Waals surface area contributed by atoms with Gasteiger partial charge >= 0.3 is 0 Å². The van der Waals surface area contributed by atoms with Gasteiger partial charge in [0, 0.05) is 30.7 Å². The molecule has 1 aromatic heterocycles. The molecule has 0 spiro atoms. The highest BCUT2D eigenvalue weighted by atomic mass is 32.2. The van der Waals surface area contributed by atoms with Crippen LogP contribution >= 0.6 is 0 Å². The average molecular weight is 319 g/mol. The largest absolute Gasteiger partial charge is 0.318 e. The standard InChI is InChI=1S/C16H21N3O2S/c1-17-11-15-8-4-10-19(15)22(20,21)12-14-6-2-5-13-7-3-9-18-16(13)14/h2-3,5-7,9,15,17H,4,8,10-12H2,1H3/t15-/m1/s1. The van der Waals surface area contributed by atoms with Crippen LogP contribution in [0.5, 0.6) is 0 Å². The number of hydrogen-bond acceptors (Lipinski definition) is 4. The zero-order chi connectivity index (χ0) is 15.6. The smallest absolute Gasteiger partial charge is 0.218 e. The summed E-state index contributed by atoms with van der Waals surface area (Å²) in [5, 5.41) is 4.06. The number of benzene rings is 1. The molecule has 2 heterocycles. The molecule has 6 heteroatoms. The zero-order valence-corrected chi connectivity index (χ0v) is 13.5.